The Hall–Kier alpha value is -2.00. The Balaban J connectivity index is 1.66. The SMILES string of the molecule is Nc1nc(F)nc2c1N=C[N+]2=C1OC2(C/C=C/P(O)O)CC1CO2. The van der Waals surface area contributed by atoms with Gasteiger partial charge in [0.25, 0.3) is 5.69 Å². The lowest BCUT2D eigenvalue weighted by Crippen LogP contribution is -2.35. The molecule has 2 fully saturated rings. The summed E-state index contributed by atoms with van der Waals surface area (Å²) in [5, 5.41) is 0. The maximum absolute atomic E-state index is 13.5. The average Bonchev–Trinajstić information content (AvgIpc) is 3.18. The van der Waals surface area contributed by atoms with Gasteiger partial charge in [0.05, 0.1) is 12.5 Å². The number of fused-ring (bicyclic) bond motifs is 3. The lowest BCUT2D eigenvalue weighted by Gasteiger charge is -2.26. The van der Waals surface area contributed by atoms with Crippen molar-refractivity contribution in [3.8, 4) is 0 Å². The molecule has 0 aliphatic carbocycles. The first-order chi connectivity index (χ1) is 11.5. The molecule has 0 radical (unpaired) electrons. The molecule has 3 aliphatic heterocycles. The van der Waals surface area contributed by atoms with Crippen LogP contribution >= 0.6 is 8.38 Å². The van der Waals surface area contributed by atoms with E-state index >= 15 is 0 Å². The number of hydrogen-bond acceptors (Lipinski definition) is 8. The minimum Gasteiger partial charge on any atom is -0.437 e. The van der Waals surface area contributed by atoms with E-state index in [0.29, 0.717) is 31.0 Å². The molecule has 0 amide bonds. The van der Waals surface area contributed by atoms with Crippen molar-refractivity contribution in [2.45, 2.75) is 18.6 Å². The van der Waals surface area contributed by atoms with Gasteiger partial charge in [0, 0.05) is 12.8 Å². The first-order valence-corrected chi connectivity index (χ1v) is 8.49. The zero-order chi connectivity index (χ0) is 16.9. The number of aromatic nitrogens is 2. The van der Waals surface area contributed by atoms with Gasteiger partial charge in [-0.25, -0.2) is 0 Å². The number of nitrogens with two attached hydrogens (primary N) is 1. The molecule has 11 heteroatoms. The fourth-order valence-corrected chi connectivity index (χ4v) is 3.36. The molecule has 1 aromatic heterocycles. The van der Waals surface area contributed by atoms with Crippen LogP contribution in [0.15, 0.2) is 16.9 Å². The van der Waals surface area contributed by atoms with E-state index in [1.807, 2.05) is 0 Å². The molecule has 2 bridgehead atoms. The van der Waals surface area contributed by atoms with Gasteiger partial charge in [0.1, 0.15) is 0 Å². The average molecular weight is 354 g/mol. The van der Waals surface area contributed by atoms with Crippen LogP contribution < -0.4 is 5.73 Å². The van der Waals surface area contributed by atoms with Crippen LogP contribution in [-0.2, 0) is 9.47 Å². The molecular formula is C13H14FN5O4P+. The summed E-state index contributed by atoms with van der Waals surface area (Å²) >= 11 is 0. The predicted molar refractivity (Wildman–Crippen MR) is 82.5 cm³/mol. The molecule has 0 saturated carbocycles. The van der Waals surface area contributed by atoms with Crippen molar-refractivity contribution >= 4 is 37.9 Å². The minimum atomic E-state index is -2.10. The van der Waals surface area contributed by atoms with E-state index < -0.39 is 20.2 Å². The number of rotatable bonds is 3. The molecule has 9 nitrogen and oxygen atoms in total. The Morgan fingerprint density at radius 2 is 2.33 bits per heavy atom. The summed E-state index contributed by atoms with van der Waals surface area (Å²) in [5.41, 5.74) is 5.97. The van der Waals surface area contributed by atoms with Crippen LogP contribution in [0.4, 0.5) is 21.7 Å². The second kappa shape index (κ2) is 5.52. The van der Waals surface area contributed by atoms with Crippen molar-refractivity contribution in [2.75, 3.05) is 12.3 Å². The third-order valence-electron chi connectivity index (χ3n) is 4.05. The lowest BCUT2D eigenvalue weighted by atomic mass is 10.1. The zero-order valence-electron chi connectivity index (χ0n) is 12.3. The molecule has 126 valence electrons. The van der Waals surface area contributed by atoms with Crippen LogP contribution in [0.5, 0.6) is 0 Å². The minimum absolute atomic E-state index is 0.0279. The largest absolute Gasteiger partial charge is 0.437 e. The maximum atomic E-state index is 13.5. The molecule has 2 atom stereocenters. The van der Waals surface area contributed by atoms with E-state index in [2.05, 4.69) is 15.0 Å². The summed E-state index contributed by atoms with van der Waals surface area (Å²) in [7, 11) is -2.10. The Labute approximate surface area is 136 Å². The number of nitrogens with zero attached hydrogens (tertiary/aromatic N) is 4. The fourth-order valence-electron chi connectivity index (χ4n) is 3.06. The van der Waals surface area contributed by atoms with Gasteiger partial charge in [-0.3, -0.25) is 0 Å². The van der Waals surface area contributed by atoms with E-state index in [4.69, 9.17) is 25.0 Å². The standard InChI is InChI=1S/C13H14FN5O4P/c14-12-17-9(15)8-10(18-12)19(6-16-8)11-7-4-13(23-11,22-5-7)2-1-3-24(20)21/h1,3,6-7,20-21H,2,4-5H2,(H2,15,17,18)/q+1/b3-1+,19-11?. The van der Waals surface area contributed by atoms with Crippen molar-refractivity contribution in [3.05, 3.63) is 18.0 Å². The number of halogens is 1. The summed E-state index contributed by atoms with van der Waals surface area (Å²) in [6.07, 6.45) is 3.12. The number of anilines is 1. The van der Waals surface area contributed by atoms with Gasteiger partial charge in [0.2, 0.25) is 18.0 Å². The molecule has 4 heterocycles. The van der Waals surface area contributed by atoms with E-state index in [-0.39, 0.29) is 17.6 Å². The van der Waals surface area contributed by atoms with Gasteiger partial charge in [-0.2, -0.15) is 9.56 Å². The van der Waals surface area contributed by atoms with E-state index in [1.54, 1.807) is 10.7 Å². The summed E-state index contributed by atoms with van der Waals surface area (Å²) in [6.45, 7) is 0.443. The monoisotopic (exact) mass is 354 g/mol. The highest BCUT2D eigenvalue weighted by molar-refractivity contribution is 7.48. The van der Waals surface area contributed by atoms with Crippen LogP contribution in [0.1, 0.15) is 12.8 Å². The van der Waals surface area contributed by atoms with Crippen LogP contribution in [0.3, 0.4) is 0 Å². The first-order valence-electron chi connectivity index (χ1n) is 7.17. The highest BCUT2D eigenvalue weighted by Crippen LogP contribution is 2.45. The molecular weight excluding hydrogens is 340 g/mol. The third kappa shape index (κ3) is 2.48. The van der Waals surface area contributed by atoms with Crippen LogP contribution in [-0.4, -0.2) is 49.0 Å². The number of ether oxygens (including phenoxy) is 2. The lowest BCUT2D eigenvalue weighted by molar-refractivity contribution is -0.327. The van der Waals surface area contributed by atoms with Crippen LogP contribution in [0.2, 0.25) is 0 Å². The van der Waals surface area contributed by atoms with Crippen molar-refractivity contribution in [1.82, 2.24) is 9.97 Å². The molecule has 0 aromatic carbocycles. The van der Waals surface area contributed by atoms with E-state index in [0.717, 1.165) is 0 Å². The number of hydrogen-bond donors (Lipinski definition) is 3. The predicted octanol–water partition coefficient (Wildman–Crippen LogP) is 0.877. The molecule has 2 saturated heterocycles. The van der Waals surface area contributed by atoms with Crippen molar-refractivity contribution in [1.29, 1.82) is 0 Å². The molecule has 4 rings (SSSR count). The Bertz CT molecular complexity index is 799. The third-order valence-corrected chi connectivity index (χ3v) is 4.52. The molecule has 1 aromatic rings. The quantitative estimate of drug-likeness (QED) is 0.418. The first kappa shape index (κ1) is 15.5. The summed E-state index contributed by atoms with van der Waals surface area (Å²) in [4.78, 5) is 29.2. The van der Waals surface area contributed by atoms with Crippen molar-refractivity contribution in [2.24, 2.45) is 10.9 Å². The second-order valence-electron chi connectivity index (χ2n) is 5.64. The Kier molecular flexibility index (Phi) is 3.57. The molecule has 2 unspecified atom stereocenters. The zero-order valence-corrected chi connectivity index (χ0v) is 13.2. The van der Waals surface area contributed by atoms with Crippen molar-refractivity contribution in [3.63, 3.8) is 0 Å². The molecule has 0 spiro atoms. The topological polar surface area (TPSA) is 126 Å². The molecule has 24 heavy (non-hydrogen) atoms. The summed E-state index contributed by atoms with van der Waals surface area (Å²) in [6, 6.07) is 0. The van der Waals surface area contributed by atoms with Gasteiger partial charge in [-0.15, -0.1) is 4.39 Å². The normalized spacial score (nSPS) is 30.6. The second-order valence-corrected chi connectivity index (χ2v) is 6.58. The molecule has 4 N–H and O–H groups in total. The van der Waals surface area contributed by atoms with E-state index in [9.17, 15) is 4.39 Å². The molecule has 3 aliphatic rings. The van der Waals surface area contributed by atoms with Crippen LogP contribution in [0.25, 0.3) is 0 Å². The fraction of sp³-hybridized carbons (Fsp3) is 0.385. The van der Waals surface area contributed by atoms with Gasteiger partial charge < -0.3 is 25.0 Å². The van der Waals surface area contributed by atoms with Gasteiger partial charge in [-0.1, -0.05) is 11.1 Å². The highest BCUT2D eigenvalue weighted by Gasteiger charge is 2.54. The van der Waals surface area contributed by atoms with Gasteiger partial charge in [-0.05, 0) is 10.8 Å². The van der Waals surface area contributed by atoms with E-state index in [1.165, 1.54) is 12.2 Å². The highest BCUT2D eigenvalue weighted by atomic mass is 31.2. The van der Waals surface area contributed by atoms with Crippen molar-refractivity contribution < 1.29 is 28.2 Å². The van der Waals surface area contributed by atoms with Gasteiger partial charge >= 0.3 is 11.9 Å². The van der Waals surface area contributed by atoms with Crippen LogP contribution in [0, 0.1) is 12.0 Å². The smallest absolute Gasteiger partial charge is 0.386 e. The Morgan fingerprint density at radius 1 is 1.50 bits per heavy atom. The maximum Gasteiger partial charge on any atom is 0.386 e. The summed E-state index contributed by atoms with van der Waals surface area (Å²) < 4.78 is 26.7. The Morgan fingerprint density at radius 3 is 3.12 bits per heavy atom. The number of nitrogen functional groups attached to an aromatic ring is 1. The number of aliphatic imine (C=N–C) groups is 1. The van der Waals surface area contributed by atoms with Gasteiger partial charge in [0.15, 0.2) is 14.2 Å². The summed E-state index contributed by atoms with van der Waals surface area (Å²) in [5.74, 6) is 1.17.